The fourth-order valence-electron chi connectivity index (χ4n) is 8.51. The Kier molecular flexibility index (Phi) is 5.65. The van der Waals surface area contributed by atoms with Crippen molar-refractivity contribution < 1.29 is 0 Å². The second-order valence-corrected chi connectivity index (χ2v) is 13.4. The number of para-hydroxylation sites is 1. The van der Waals surface area contributed by atoms with Crippen molar-refractivity contribution in [3.8, 4) is 11.1 Å². The van der Waals surface area contributed by atoms with Gasteiger partial charge in [-0.2, -0.15) is 0 Å². The number of fused-ring (bicyclic) bond motifs is 12. The summed E-state index contributed by atoms with van der Waals surface area (Å²) in [7, 11) is 0. The number of benzene rings is 5. The van der Waals surface area contributed by atoms with Crippen molar-refractivity contribution in [2.75, 3.05) is 0 Å². The summed E-state index contributed by atoms with van der Waals surface area (Å²) in [6.45, 7) is 4.84. The molecule has 48 heavy (non-hydrogen) atoms. The van der Waals surface area contributed by atoms with Crippen LogP contribution in [0, 0.1) is 0 Å². The highest BCUT2D eigenvalue weighted by molar-refractivity contribution is 6.21. The number of allylic oxidation sites excluding steroid dienone is 2. The minimum Gasteiger partial charge on any atom is -0.371 e. The van der Waals surface area contributed by atoms with Crippen molar-refractivity contribution in [3.63, 3.8) is 0 Å². The monoisotopic (exact) mass is 616 g/mol. The maximum Gasteiger partial charge on any atom is 0.0893 e. The van der Waals surface area contributed by atoms with Gasteiger partial charge in [-0.3, -0.25) is 9.97 Å². The van der Waals surface area contributed by atoms with Gasteiger partial charge in [0.1, 0.15) is 0 Å². The molecule has 1 unspecified atom stereocenters. The van der Waals surface area contributed by atoms with E-state index in [-0.39, 0.29) is 11.5 Å². The van der Waals surface area contributed by atoms with Crippen molar-refractivity contribution in [2.45, 2.75) is 25.3 Å². The first-order valence-corrected chi connectivity index (χ1v) is 16.6. The number of aromatic nitrogens is 3. The molecule has 5 aromatic carbocycles. The van der Waals surface area contributed by atoms with E-state index in [2.05, 4.69) is 139 Å². The summed E-state index contributed by atoms with van der Waals surface area (Å²) >= 11 is 0. The van der Waals surface area contributed by atoms with E-state index < -0.39 is 0 Å². The molecule has 0 spiro atoms. The zero-order valence-corrected chi connectivity index (χ0v) is 26.8. The maximum atomic E-state index is 4.77. The van der Waals surface area contributed by atoms with E-state index in [1.165, 1.54) is 65.6 Å². The summed E-state index contributed by atoms with van der Waals surface area (Å²) in [5, 5.41) is 11.5. The summed E-state index contributed by atoms with van der Waals surface area (Å²) in [6, 6.07) is 43.5. The molecule has 0 saturated carbocycles. The van der Waals surface area contributed by atoms with Crippen LogP contribution in [0.2, 0.25) is 0 Å². The van der Waals surface area contributed by atoms with Gasteiger partial charge in [0.15, 0.2) is 0 Å². The van der Waals surface area contributed by atoms with E-state index in [1.54, 1.807) is 0 Å². The Balaban J connectivity index is 1.33. The van der Waals surface area contributed by atoms with Gasteiger partial charge >= 0.3 is 0 Å². The highest BCUT2D eigenvalue weighted by Gasteiger charge is 2.41. The van der Waals surface area contributed by atoms with Crippen LogP contribution in [0.25, 0.3) is 65.9 Å². The fraction of sp³-hybridized carbons (Fsp3) is 0.0909. The molecule has 4 heteroatoms. The number of hydrogen-bond acceptors (Lipinski definition) is 3. The van der Waals surface area contributed by atoms with Gasteiger partial charge in [-0.1, -0.05) is 105 Å². The lowest BCUT2D eigenvalue weighted by atomic mass is 9.78. The topological polar surface area (TPSA) is 42.7 Å². The van der Waals surface area contributed by atoms with Crippen LogP contribution in [0.5, 0.6) is 0 Å². The molecular weight excluding hydrogens is 585 g/mol. The highest BCUT2D eigenvalue weighted by atomic mass is 15.0. The number of pyridine rings is 2. The molecule has 2 aliphatic rings. The number of rotatable bonds is 3. The normalized spacial score (nSPS) is 16.5. The average Bonchev–Trinajstić information content (AvgIpc) is 3.61. The van der Waals surface area contributed by atoms with Crippen LogP contribution < -0.4 is 5.32 Å². The lowest BCUT2D eigenvalue weighted by molar-refractivity contribution is 0.670. The van der Waals surface area contributed by atoms with Gasteiger partial charge in [0.2, 0.25) is 0 Å². The summed E-state index contributed by atoms with van der Waals surface area (Å²) in [5.74, 6) is 0. The molecule has 0 saturated heterocycles. The Labute approximate surface area is 278 Å². The lowest BCUT2D eigenvalue weighted by Gasteiger charge is -2.27. The molecule has 4 nitrogen and oxygen atoms in total. The zero-order valence-electron chi connectivity index (χ0n) is 26.8. The number of nitrogens with zero attached hydrogens (tertiary/aromatic N) is 3. The van der Waals surface area contributed by atoms with Crippen LogP contribution >= 0.6 is 0 Å². The minimum atomic E-state index is -0.263. The molecule has 4 heterocycles. The summed E-state index contributed by atoms with van der Waals surface area (Å²) in [5.41, 5.74) is 11.6. The molecule has 8 aromatic rings. The van der Waals surface area contributed by atoms with E-state index in [4.69, 9.17) is 9.97 Å². The van der Waals surface area contributed by atoms with Crippen molar-refractivity contribution in [3.05, 3.63) is 168 Å². The summed E-state index contributed by atoms with van der Waals surface area (Å²) < 4.78 is 2.50. The number of dihydropyridines is 1. The molecule has 0 radical (unpaired) electrons. The van der Waals surface area contributed by atoms with Crippen molar-refractivity contribution >= 4 is 54.7 Å². The molecular formula is C44H32N4. The number of nitrogens with one attached hydrogen (secondary N) is 1. The molecule has 1 N–H and O–H groups in total. The lowest BCUT2D eigenvalue weighted by Crippen LogP contribution is -2.24. The van der Waals surface area contributed by atoms with Crippen LogP contribution in [-0.2, 0) is 5.41 Å². The SMILES string of the molecule is CC1(C)c2c(c3ccccc3c3ccccc23)-c2ccc3c4ccccc4n(C4=CC(c5ccccn5)NC(c5ccccn5)=C4)c3c21. The third kappa shape index (κ3) is 3.71. The van der Waals surface area contributed by atoms with Crippen LogP contribution in [0.1, 0.15) is 42.4 Å². The fourth-order valence-corrected chi connectivity index (χ4v) is 8.51. The molecule has 0 fully saturated rings. The van der Waals surface area contributed by atoms with Crippen molar-refractivity contribution in [1.29, 1.82) is 0 Å². The standard InChI is InChI=1S/C44H32N4/c1-44(2)41-32-17-6-4-14-29(32)28-13-3-5-16-31(28)40(41)34-22-21-33-30-15-7-8-20-39(30)48(43(33)42(34)44)27-25-37(35-18-9-11-23-45-35)47-38(26-27)36-19-10-12-24-46-36/h3-26,37,47H,1-2H3. The Morgan fingerprint density at radius 3 is 2.02 bits per heavy atom. The van der Waals surface area contributed by atoms with E-state index in [9.17, 15) is 0 Å². The first-order chi connectivity index (χ1) is 23.6. The largest absolute Gasteiger partial charge is 0.371 e. The van der Waals surface area contributed by atoms with Crippen molar-refractivity contribution in [1.82, 2.24) is 19.9 Å². The molecule has 1 aliphatic carbocycles. The van der Waals surface area contributed by atoms with E-state index in [1.807, 2.05) is 30.6 Å². The van der Waals surface area contributed by atoms with Crippen LogP contribution in [0.15, 0.2) is 146 Å². The smallest absolute Gasteiger partial charge is 0.0893 e. The molecule has 1 aliphatic heterocycles. The molecule has 3 aromatic heterocycles. The van der Waals surface area contributed by atoms with Crippen molar-refractivity contribution in [2.24, 2.45) is 0 Å². The quantitative estimate of drug-likeness (QED) is 0.201. The van der Waals surface area contributed by atoms with Gasteiger partial charge in [-0.15, -0.1) is 0 Å². The average molecular weight is 617 g/mol. The first kappa shape index (κ1) is 27.1. The molecule has 0 bridgehead atoms. The third-order valence-electron chi connectivity index (χ3n) is 10.4. The highest BCUT2D eigenvalue weighted by Crippen LogP contribution is 2.57. The van der Waals surface area contributed by atoms with Gasteiger partial charge in [0.05, 0.1) is 34.2 Å². The Bertz CT molecular complexity index is 2660. The summed E-state index contributed by atoms with van der Waals surface area (Å²) in [6.07, 6.45) is 8.30. The summed E-state index contributed by atoms with van der Waals surface area (Å²) in [4.78, 5) is 9.52. The second-order valence-electron chi connectivity index (χ2n) is 13.4. The Morgan fingerprint density at radius 2 is 1.27 bits per heavy atom. The third-order valence-corrected chi connectivity index (χ3v) is 10.4. The molecule has 10 rings (SSSR count). The predicted octanol–water partition coefficient (Wildman–Crippen LogP) is 10.4. The predicted molar refractivity (Wildman–Crippen MR) is 199 cm³/mol. The van der Waals surface area contributed by atoms with Crippen LogP contribution in [-0.4, -0.2) is 14.5 Å². The second kappa shape index (κ2) is 10.00. The number of hydrogen-bond donors (Lipinski definition) is 1. The van der Waals surface area contributed by atoms with E-state index >= 15 is 0 Å². The minimum absolute atomic E-state index is 0.130. The zero-order chi connectivity index (χ0) is 32.0. The van der Waals surface area contributed by atoms with Gasteiger partial charge in [0.25, 0.3) is 0 Å². The maximum absolute atomic E-state index is 4.77. The van der Waals surface area contributed by atoms with E-state index in [0.29, 0.717) is 0 Å². The molecule has 1 atom stereocenters. The van der Waals surface area contributed by atoms with Crippen LogP contribution in [0.4, 0.5) is 0 Å². The first-order valence-electron chi connectivity index (χ1n) is 16.6. The Morgan fingerprint density at radius 1 is 0.604 bits per heavy atom. The Hall–Kier alpha value is -6.00. The van der Waals surface area contributed by atoms with Gasteiger partial charge < -0.3 is 9.88 Å². The molecule has 0 amide bonds. The van der Waals surface area contributed by atoms with E-state index in [0.717, 1.165) is 22.8 Å². The van der Waals surface area contributed by atoms with Gasteiger partial charge in [-0.05, 0) is 86.3 Å². The molecule has 228 valence electrons. The van der Waals surface area contributed by atoms with Crippen LogP contribution in [0.3, 0.4) is 0 Å². The van der Waals surface area contributed by atoms with Gasteiger partial charge in [0, 0.05) is 34.3 Å². The van der Waals surface area contributed by atoms with Gasteiger partial charge in [-0.25, -0.2) is 0 Å².